The van der Waals surface area contributed by atoms with E-state index in [-0.39, 0.29) is 0 Å². The first-order valence-electron chi connectivity index (χ1n) is 5.41. The highest BCUT2D eigenvalue weighted by atomic mass is 32.1. The van der Waals surface area contributed by atoms with Gasteiger partial charge in [0.1, 0.15) is 12.1 Å². The summed E-state index contributed by atoms with van der Waals surface area (Å²) < 4.78 is 1.16. The number of hydrogen-bond acceptors (Lipinski definition) is 5. The van der Waals surface area contributed by atoms with Crippen molar-refractivity contribution in [3.05, 3.63) is 17.3 Å². The average molecular weight is 236 g/mol. The van der Waals surface area contributed by atoms with Crippen LogP contribution in [0.3, 0.4) is 0 Å². The second-order valence-corrected chi connectivity index (χ2v) is 4.54. The molecule has 2 rings (SSSR count). The normalized spacial score (nSPS) is 10.9. The number of nitrogens with zero attached hydrogens (tertiary/aromatic N) is 3. The maximum Gasteiger partial charge on any atom is 0.150 e. The van der Waals surface area contributed by atoms with E-state index in [4.69, 9.17) is 5.73 Å². The van der Waals surface area contributed by atoms with Gasteiger partial charge < -0.3 is 10.6 Å². The predicted molar refractivity (Wildman–Crippen MR) is 69.1 cm³/mol. The van der Waals surface area contributed by atoms with E-state index < -0.39 is 0 Å². The molecule has 0 spiro atoms. The number of nitrogens with two attached hydrogens (primary N) is 1. The number of thiophene rings is 1. The Morgan fingerprint density at radius 3 is 2.94 bits per heavy atom. The smallest absolute Gasteiger partial charge is 0.150 e. The topological polar surface area (TPSA) is 55.0 Å². The Hall–Kier alpha value is -1.20. The summed E-state index contributed by atoms with van der Waals surface area (Å²) in [6.07, 6.45) is 1.64. The SMILES string of the molecule is CCN(CCN)c1ncnc2c(C)csc12. The van der Waals surface area contributed by atoms with Crippen LogP contribution in [-0.2, 0) is 0 Å². The van der Waals surface area contributed by atoms with Gasteiger partial charge in [-0.3, -0.25) is 0 Å². The molecule has 0 radical (unpaired) electrons. The monoisotopic (exact) mass is 236 g/mol. The zero-order valence-electron chi connectivity index (χ0n) is 9.60. The van der Waals surface area contributed by atoms with Crippen LogP contribution in [0.15, 0.2) is 11.7 Å². The summed E-state index contributed by atoms with van der Waals surface area (Å²) in [7, 11) is 0. The van der Waals surface area contributed by atoms with Crippen molar-refractivity contribution >= 4 is 27.4 Å². The van der Waals surface area contributed by atoms with E-state index in [1.165, 1.54) is 5.56 Å². The second kappa shape index (κ2) is 4.76. The Morgan fingerprint density at radius 1 is 1.44 bits per heavy atom. The molecule has 0 fully saturated rings. The lowest BCUT2D eigenvalue weighted by atomic mass is 10.3. The first kappa shape index (κ1) is 11.3. The number of aryl methyl sites for hydroxylation is 1. The van der Waals surface area contributed by atoms with Crippen molar-refractivity contribution in [3.63, 3.8) is 0 Å². The van der Waals surface area contributed by atoms with E-state index in [0.29, 0.717) is 6.54 Å². The maximum absolute atomic E-state index is 5.61. The van der Waals surface area contributed by atoms with Gasteiger partial charge in [-0.15, -0.1) is 11.3 Å². The van der Waals surface area contributed by atoms with Crippen LogP contribution in [0.4, 0.5) is 5.82 Å². The molecule has 2 aromatic rings. The van der Waals surface area contributed by atoms with E-state index in [2.05, 4.69) is 34.1 Å². The summed E-state index contributed by atoms with van der Waals surface area (Å²) in [6, 6.07) is 0. The van der Waals surface area contributed by atoms with Crippen LogP contribution in [0.1, 0.15) is 12.5 Å². The molecule has 5 heteroatoms. The number of aromatic nitrogens is 2. The molecule has 2 N–H and O–H groups in total. The Balaban J connectivity index is 2.50. The van der Waals surface area contributed by atoms with Gasteiger partial charge in [0.05, 0.1) is 10.2 Å². The number of anilines is 1. The molecule has 86 valence electrons. The predicted octanol–water partition coefficient (Wildman–Crippen LogP) is 1.78. The van der Waals surface area contributed by atoms with E-state index >= 15 is 0 Å². The minimum atomic E-state index is 0.643. The van der Waals surface area contributed by atoms with Gasteiger partial charge in [0, 0.05) is 19.6 Å². The Bertz CT molecular complexity index is 480. The molecule has 2 heterocycles. The Morgan fingerprint density at radius 2 is 2.25 bits per heavy atom. The molecule has 16 heavy (non-hydrogen) atoms. The van der Waals surface area contributed by atoms with Crippen molar-refractivity contribution in [1.29, 1.82) is 0 Å². The second-order valence-electron chi connectivity index (χ2n) is 3.66. The van der Waals surface area contributed by atoms with Crippen LogP contribution in [0.25, 0.3) is 10.2 Å². The van der Waals surface area contributed by atoms with Crippen molar-refractivity contribution < 1.29 is 0 Å². The minimum absolute atomic E-state index is 0.643. The van der Waals surface area contributed by atoms with Gasteiger partial charge in [0.25, 0.3) is 0 Å². The van der Waals surface area contributed by atoms with Crippen molar-refractivity contribution in [3.8, 4) is 0 Å². The number of hydrogen-bond donors (Lipinski definition) is 1. The zero-order valence-corrected chi connectivity index (χ0v) is 10.4. The lowest BCUT2D eigenvalue weighted by Crippen LogP contribution is -2.29. The molecule has 0 amide bonds. The van der Waals surface area contributed by atoms with Crippen LogP contribution in [0.2, 0.25) is 0 Å². The van der Waals surface area contributed by atoms with Crippen molar-refractivity contribution in [2.45, 2.75) is 13.8 Å². The van der Waals surface area contributed by atoms with Crippen LogP contribution < -0.4 is 10.6 Å². The van der Waals surface area contributed by atoms with Crippen molar-refractivity contribution in [2.24, 2.45) is 5.73 Å². The summed E-state index contributed by atoms with van der Waals surface area (Å²) in [5.74, 6) is 1.01. The average Bonchev–Trinajstić information content (AvgIpc) is 2.68. The van der Waals surface area contributed by atoms with Gasteiger partial charge >= 0.3 is 0 Å². The molecular formula is C11H16N4S. The molecule has 4 nitrogen and oxygen atoms in total. The largest absolute Gasteiger partial charge is 0.354 e. The van der Waals surface area contributed by atoms with Gasteiger partial charge in [0.2, 0.25) is 0 Å². The van der Waals surface area contributed by atoms with Gasteiger partial charge in [-0.1, -0.05) is 0 Å². The van der Waals surface area contributed by atoms with E-state index in [0.717, 1.165) is 29.1 Å². The third-order valence-electron chi connectivity index (χ3n) is 2.59. The molecule has 0 saturated carbocycles. The highest BCUT2D eigenvalue weighted by molar-refractivity contribution is 7.18. The summed E-state index contributed by atoms with van der Waals surface area (Å²) in [5.41, 5.74) is 7.89. The van der Waals surface area contributed by atoms with Crippen molar-refractivity contribution in [1.82, 2.24) is 9.97 Å². The molecule has 0 aromatic carbocycles. The van der Waals surface area contributed by atoms with Crippen LogP contribution in [-0.4, -0.2) is 29.6 Å². The number of rotatable bonds is 4. The first-order valence-corrected chi connectivity index (χ1v) is 6.29. The molecule has 0 atom stereocenters. The van der Waals surface area contributed by atoms with Gasteiger partial charge in [0.15, 0.2) is 0 Å². The lowest BCUT2D eigenvalue weighted by molar-refractivity contribution is 0.805. The first-order chi connectivity index (χ1) is 7.77. The summed E-state index contributed by atoms with van der Waals surface area (Å²) in [6.45, 7) is 6.59. The van der Waals surface area contributed by atoms with Crippen LogP contribution in [0.5, 0.6) is 0 Å². The number of likely N-dealkylation sites (N-methyl/N-ethyl adjacent to an activating group) is 1. The highest BCUT2D eigenvalue weighted by Crippen LogP contribution is 2.30. The van der Waals surface area contributed by atoms with Crippen LogP contribution in [0, 0.1) is 6.92 Å². The number of fused-ring (bicyclic) bond motifs is 1. The Kier molecular flexibility index (Phi) is 3.36. The molecule has 0 unspecified atom stereocenters. The highest BCUT2D eigenvalue weighted by Gasteiger charge is 2.12. The van der Waals surface area contributed by atoms with Gasteiger partial charge in [-0.2, -0.15) is 0 Å². The molecule has 0 saturated heterocycles. The van der Waals surface area contributed by atoms with Gasteiger partial charge in [-0.05, 0) is 24.8 Å². The molecule has 0 bridgehead atoms. The molecule has 2 aromatic heterocycles. The summed E-state index contributed by atoms with van der Waals surface area (Å²) >= 11 is 1.70. The quantitative estimate of drug-likeness (QED) is 0.879. The molecule has 0 aliphatic rings. The Labute approximate surface area is 99.1 Å². The third-order valence-corrected chi connectivity index (χ3v) is 3.68. The third kappa shape index (κ3) is 1.88. The van der Waals surface area contributed by atoms with E-state index in [1.807, 2.05) is 0 Å². The van der Waals surface area contributed by atoms with E-state index in [9.17, 15) is 0 Å². The van der Waals surface area contributed by atoms with Crippen molar-refractivity contribution in [2.75, 3.05) is 24.5 Å². The fraction of sp³-hybridized carbons (Fsp3) is 0.455. The van der Waals surface area contributed by atoms with Crippen LogP contribution >= 0.6 is 11.3 Å². The maximum atomic E-state index is 5.61. The zero-order chi connectivity index (χ0) is 11.5. The molecule has 0 aliphatic carbocycles. The summed E-state index contributed by atoms with van der Waals surface area (Å²) in [4.78, 5) is 10.9. The van der Waals surface area contributed by atoms with E-state index in [1.54, 1.807) is 17.7 Å². The molecular weight excluding hydrogens is 220 g/mol. The lowest BCUT2D eigenvalue weighted by Gasteiger charge is -2.21. The summed E-state index contributed by atoms with van der Waals surface area (Å²) in [5, 5.41) is 2.12. The standard InChI is InChI=1S/C11H16N4S/c1-3-15(5-4-12)11-10-9(13-7-14-11)8(2)6-16-10/h6-7H,3-5,12H2,1-2H3. The van der Waals surface area contributed by atoms with Gasteiger partial charge in [-0.25, -0.2) is 9.97 Å². The fourth-order valence-corrected chi connectivity index (χ4v) is 2.77. The molecule has 0 aliphatic heterocycles. The fourth-order valence-electron chi connectivity index (χ4n) is 1.75. The minimum Gasteiger partial charge on any atom is -0.354 e.